The summed E-state index contributed by atoms with van der Waals surface area (Å²) < 4.78 is 5.44. The predicted molar refractivity (Wildman–Crippen MR) is 114 cm³/mol. The molecule has 29 heavy (non-hydrogen) atoms. The van der Waals surface area contributed by atoms with Gasteiger partial charge >= 0.3 is 11.8 Å². The highest BCUT2D eigenvalue weighted by Crippen LogP contribution is 2.29. The standard InChI is InChI=1S/C22H34N4O3/c1-21(2)14-16(15-22(3,4)24-21)23-19(27)20(28)26-12-10-25(11-13-26)17-8-6-7-9-18(17)29-5/h6-9,16,24H,10-15H2,1-5H3,(H,23,27). The van der Waals surface area contributed by atoms with E-state index in [-0.39, 0.29) is 17.1 Å². The number of carbonyl (C=O) groups is 2. The molecule has 3 rings (SSSR count). The fourth-order valence-electron chi connectivity index (χ4n) is 4.86. The number of para-hydroxylation sites is 2. The van der Waals surface area contributed by atoms with E-state index in [2.05, 4.69) is 43.2 Å². The van der Waals surface area contributed by atoms with Gasteiger partial charge in [0.1, 0.15) is 5.75 Å². The van der Waals surface area contributed by atoms with E-state index < -0.39 is 11.8 Å². The van der Waals surface area contributed by atoms with Crippen molar-refractivity contribution in [3.05, 3.63) is 24.3 Å². The first-order valence-corrected chi connectivity index (χ1v) is 10.4. The summed E-state index contributed by atoms with van der Waals surface area (Å²) in [6.45, 7) is 10.9. The monoisotopic (exact) mass is 402 g/mol. The van der Waals surface area contributed by atoms with Crippen molar-refractivity contribution in [2.24, 2.45) is 0 Å². The minimum atomic E-state index is -0.491. The minimum absolute atomic E-state index is 0.00688. The first-order chi connectivity index (χ1) is 13.6. The Balaban J connectivity index is 1.56. The molecule has 160 valence electrons. The number of hydrogen-bond donors (Lipinski definition) is 2. The highest BCUT2D eigenvalue weighted by molar-refractivity contribution is 6.35. The molecule has 1 aromatic rings. The summed E-state index contributed by atoms with van der Waals surface area (Å²) in [5.74, 6) is -0.103. The van der Waals surface area contributed by atoms with Crippen molar-refractivity contribution < 1.29 is 14.3 Å². The quantitative estimate of drug-likeness (QED) is 0.754. The van der Waals surface area contributed by atoms with Gasteiger partial charge in [0, 0.05) is 43.3 Å². The lowest BCUT2D eigenvalue weighted by atomic mass is 9.79. The van der Waals surface area contributed by atoms with Crippen LogP contribution in [0.4, 0.5) is 5.69 Å². The number of nitrogens with zero attached hydrogens (tertiary/aromatic N) is 2. The second kappa shape index (κ2) is 8.22. The third kappa shape index (κ3) is 5.21. The van der Waals surface area contributed by atoms with Crippen LogP contribution < -0.4 is 20.3 Å². The van der Waals surface area contributed by atoms with E-state index >= 15 is 0 Å². The molecule has 2 saturated heterocycles. The molecular weight excluding hydrogens is 368 g/mol. The second-order valence-electron chi connectivity index (χ2n) is 9.42. The van der Waals surface area contributed by atoms with Crippen LogP contribution in [0.15, 0.2) is 24.3 Å². The average molecular weight is 403 g/mol. The summed E-state index contributed by atoms with van der Waals surface area (Å²) in [5.41, 5.74) is 0.859. The molecule has 2 amide bonds. The maximum Gasteiger partial charge on any atom is 0.312 e. The zero-order chi connectivity index (χ0) is 21.2. The summed E-state index contributed by atoms with van der Waals surface area (Å²) >= 11 is 0. The molecule has 0 bridgehead atoms. The number of hydrogen-bond acceptors (Lipinski definition) is 5. The summed E-state index contributed by atoms with van der Waals surface area (Å²) in [6.07, 6.45) is 1.61. The number of piperazine rings is 1. The van der Waals surface area contributed by atoms with Crippen molar-refractivity contribution >= 4 is 17.5 Å². The molecule has 0 aliphatic carbocycles. The van der Waals surface area contributed by atoms with Gasteiger partial charge in [-0.15, -0.1) is 0 Å². The molecule has 0 saturated carbocycles. The zero-order valence-electron chi connectivity index (χ0n) is 18.2. The first kappa shape index (κ1) is 21.4. The van der Waals surface area contributed by atoms with Gasteiger partial charge in [0.2, 0.25) is 0 Å². The molecule has 2 aliphatic heterocycles. The molecule has 0 unspecified atom stereocenters. The van der Waals surface area contributed by atoms with E-state index in [0.717, 1.165) is 24.3 Å². The number of nitrogens with one attached hydrogen (secondary N) is 2. The van der Waals surface area contributed by atoms with Gasteiger partial charge in [0.05, 0.1) is 12.8 Å². The fraction of sp³-hybridized carbons (Fsp3) is 0.636. The van der Waals surface area contributed by atoms with E-state index in [1.54, 1.807) is 12.0 Å². The Morgan fingerprint density at radius 2 is 1.62 bits per heavy atom. The molecule has 0 spiro atoms. The molecule has 2 heterocycles. The van der Waals surface area contributed by atoms with Gasteiger partial charge < -0.3 is 25.2 Å². The maximum atomic E-state index is 12.7. The normalized spacial score (nSPS) is 21.6. The highest BCUT2D eigenvalue weighted by Gasteiger charge is 2.39. The molecule has 2 aliphatic rings. The first-order valence-electron chi connectivity index (χ1n) is 10.4. The number of piperidine rings is 1. The van der Waals surface area contributed by atoms with Crippen LogP contribution >= 0.6 is 0 Å². The maximum absolute atomic E-state index is 12.7. The molecule has 2 N–H and O–H groups in total. The van der Waals surface area contributed by atoms with Gasteiger partial charge in [-0.2, -0.15) is 0 Å². The van der Waals surface area contributed by atoms with Crippen LogP contribution in [0.25, 0.3) is 0 Å². The Labute approximate surface area is 173 Å². The predicted octanol–water partition coefficient (Wildman–Crippen LogP) is 1.77. The van der Waals surface area contributed by atoms with E-state index in [4.69, 9.17) is 4.74 Å². The van der Waals surface area contributed by atoms with E-state index in [1.807, 2.05) is 24.3 Å². The molecule has 2 fully saturated rings. The fourth-order valence-corrected chi connectivity index (χ4v) is 4.86. The molecule has 1 aromatic carbocycles. The van der Waals surface area contributed by atoms with Gasteiger partial charge in [-0.1, -0.05) is 12.1 Å². The van der Waals surface area contributed by atoms with Crippen LogP contribution in [-0.4, -0.2) is 67.1 Å². The van der Waals surface area contributed by atoms with Gasteiger partial charge in [0.15, 0.2) is 0 Å². The number of anilines is 1. The van der Waals surface area contributed by atoms with Crippen LogP contribution in [0.2, 0.25) is 0 Å². The lowest BCUT2D eigenvalue weighted by Crippen LogP contribution is -2.63. The van der Waals surface area contributed by atoms with Crippen molar-refractivity contribution in [1.29, 1.82) is 0 Å². The number of amides is 2. The van der Waals surface area contributed by atoms with Crippen LogP contribution in [-0.2, 0) is 9.59 Å². The highest BCUT2D eigenvalue weighted by atomic mass is 16.5. The smallest absolute Gasteiger partial charge is 0.312 e. The lowest BCUT2D eigenvalue weighted by Gasteiger charge is -2.46. The molecule has 7 heteroatoms. The van der Waals surface area contributed by atoms with E-state index in [1.165, 1.54) is 0 Å². The second-order valence-corrected chi connectivity index (χ2v) is 9.42. The van der Waals surface area contributed by atoms with E-state index in [0.29, 0.717) is 26.2 Å². The number of methoxy groups -OCH3 is 1. The van der Waals surface area contributed by atoms with Crippen LogP contribution in [0.1, 0.15) is 40.5 Å². The molecule has 0 atom stereocenters. The molecule has 0 radical (unpaired) electrons. The van der Waals surface area contributed by atoms with Gasteiger partial charge in [-0.3, -0.25) is 9.59 Å². The van der Waals surface area contributed by atoms with Crippen LogP contribution in [0.5, 0.6) is 5.75 Å². The summed E-state index contributed by atoms with van der Waals surface area (Å²) in [5, 5.41) is 6.58. The molecular formula is C22H34N4O3. The third-order valence-electron chi connectivity index (χ3n) is 5.71. The summed E-state index contributed by atoms with van der Waals surface area (Å²) in [6, 6.07) is 7.86. The number of benzene rings is 1. The topological polar surface area (TPSA) is 73.9 Å². The Bertz CT molecular complexity index is 738. The Kier molecular flexibility index (Phi) is 6.08. The lowest BCUT2D eigenvalue weighted by molar-refractivity contribution is -0.146. The van der Waals surface area contributed by atoms with Gasteiger partial charge in [-0.25, -0.2) is 0 Å². The van der Waals surface area contributed by atoms with Crippen molar-refractivity contribution in [2.45, 2.75) is 57.7 Å². The van der Waals surface area contributed by atoms with Crippen molar-refractivity contribution in [1.82, 2.24) is 15.5 Å². The Morgan fingerprint density at radius 1 is 1.03 bits per heavy atom. The number of carbonyl (C=O) groups excluding carboxylic acids is 2. The number of ether oxygens (including phenoxy) is 1. The van der Waals surface area contributed by atoms with Crippen LogP contribution in [0, 0.1) is 0 Å². The van der Waals surface area contributed by atoms with Crippen molar-refractivity contribution in [3.8, 4) is 5.75 Å². The minimum Gasteiger partial charge on any atom is -0.495 e. The molecule has 7 nitrogen and oxygen atoms in total. The van der Waals surface area contributed by atoms with Crippen molar-refractivity contribution in [2.75, 3.05) is 38.2 Å². The summed E-state index contributed by atoms with van der Waals surface area (Å²) in [4.78, 5) is 29.2. The van der Waals surface area contributed by atoms with E-state index in [9.17, 15) is 9.59 Å². The average Bonchev–Trinajstić information content (AvgIpc) is 2.65. The van der Waals surface area contributed by atoms with Crippen molar-refractivity contribution in [3.63, 3.8) is 0 Å². The van der Waals surface area contributed by atoms with Gasteiger partial charge in [0.25, 0.3) is 0 Å². The largest absolute Gasteiger partial charge is 0.495 e. The van der Waals surface area contributed by atoms with Crippen LogP contribution in [0.3, 0.4) is 0 Å². The SMILES string of the molecule is COc1ccccc1N1CCN(C(=O)C(=O)NC2CC(C)(C)NC(C)(C)C2)CC1. The molecule has 0 aromatic heterocycles. The Hall–Kier alpha value is -2.28. The zero-order valence-corrected chi connectivity index (χ0v) is 18.2. The van der Waals surface area contributed by atoms with Gasteiger partial charge in [-0.05, 0) is 52.7 Å². The number of rotatable bonds is 3. The third-order valence-corrected chi connectivity index (χ3v) is 5.71. The summed E-state index contributed by atoms with van der Waals surface area (Å²) in [7, 11) is 1.66. The Morgan fingerprint density at radius 3 is 2.21 bits per heavy atom.